The molecule has 0 saturated carbocycles. The Bertz CT molecular complexity index is 1450. The number of nitrogens with one attached hydrogen (secondary N) is 1. The van der Waals surface area contributed by atoms with Crippen LogP contribution < -0.4 is 10.1 Å². The minimum atomic E-state index is -0.831. The second-order valence-corrected chi connectivity index (χ2v) is 10.7. The maximum Gasteiger partial charge on any atom is 0.407 e. The quantitative estimate of drug-likeness (QED) is 0.212. The number of hydrogen-bond acceptors (Lipinski definition) is 5. The number of fused-ring (bicyclic) bond motifs is 3. The van der Waals surface area contributed by atoms with Crippen molar-refractivity contribution in [3.63, 3.8) is 0 Å². The van der Waals surface area contributed by atoms with Crippen molar-refractivity contribution in [2.24, 2.45) is 5.92 Å². The van der Waals surface area contributed by atoms with Crippen molar-refractivity contribution in [1.29, 1.82) is 0 Å². The van der Waals surface area contributed by atoms with Crippen LogP contribution >= 0.6 is 0 Å². The molecular formula is C35H35NO5. The van der Waals surface area contributed by atoms with Crippen molar-refractivity contribution in [2.75, 3.05) is 6.61 Å². The molecule has 5 rings (SSSR count). The van der Waals surface area contributed by atoms with E-state index in [4.69, 9.17) is 14.2 Å². The fourth-order valence-electron chi connectivity index (χ4n) is 5.04. The van der Waals surface area contributed by atoms with Crippen LogP contribution in [0.1, 0.15) is 47.6 Å². The molecule has 0 fully saturated rings. The van der Waals surface area contributed by atoms with Crippen LogP contribution in [-0.2, 0) is 27.5 Å². The predicted molar refractivity (Wildman–Crippen MR) is 159 cm³/mol. The molecule has 0 saturated heterocycles. The van der Waals surface area contributed by atoms with Crippen LogP contribution in [0.2, 0.25) is 0 Å². The van der Waals surface area contributed by atoms with Crippen LogP contribution in [0.25, 0.3) is 11.1 Å². The number of amides is 1. The van der Waals surface area contributed by atoms with Gasteiger partial charge in [0.05, 0.1) is 0 Å². The van der Waals surface area contributed by atoms with Gasteiger partial charge in [-0.1, -0.05) is 104 Å². The number of esters is 1. The SMILES string of the molecule is Cc1ccc(COc2ccc(COC(=O)[C@H](NC(=O)OCC3c4ccccc4-c4ccccc43)C(C)C)cc2)cc1. The van der Waals surface area contributed by atoms with E-state index < -0.39 is 18.1 Å². The lowest BCUT2D eigenvalue weighted by Gasteiger charge is -2.21. The zero-order valence-corrected chi connectivity index (χ0v) is 23.6. The smallest absolute Gasteiger partial charge is 0.407 e. The number of carbonyl (C=O) groups excluding carboxylic acids is 2. The average molecular weight is 550 g/mol. The second-order valence-electron chi connectivity index (χ2n) is 10.7. The number of aryl methyl sites for hydroxylation is 1. The Balaban J connectivity index is 1.12. The van der Waals surface area contributed by atoms with Gasteiger partial charge in [0.2, 0.25) is 0 Å². The summed E-state index contributed by atoms with van der Waals surface area (Å²) in [5.41, 5.74) is 7.71. The van der Waals surface area contributed by atoms with Gasteiger partial charge in [0.15, 0.2) is 0 Å². The van der Waals surface area contributed by atoms with Gasteiger partial charge < -0.3 is 19.5 Å². The van der Waals surface area contributed by atoms with Gasteiger partial charge in [0, 0.05) is 5.92 Å². The summed E-state index contributed by atoms with van der Waals surface area (Å²) in [7, 11) is 0. The van der Waals surface area contributed by atoms with Gasteiger partial charge in [0.1, 0.15) is 31.6 Å². The molecule has 41 heavy (non-hydrogen) atoms. The lowest BCUT2D eigenvalue weighted by molar-refractivity contribution is -0.148. The van der Waals surface area contributed by atoms with E-state index in [1.165, 1.54) is 5.56 Å². The van der Waals surface area contributed by atoms with E-state index in [0.29, 0.717) is 6.61 Å². The topological polar surface area (TPSA) is 73.9 Å². The first-order valence-corrected chi connectivity index (χ1v) is 13.9. The molecule has 0 aromatic heterocycles. The summed E-state index contributed by atoms with van der Waals surface area (Å²) < 4.78 is 17.0. The summed E-state index contributed by atoms with van der Waals surface area (Å²) in [6.45, 7) is 6.51. The molecule has 0 radical (unpaired) electrons. The summed E-state index contributed by atoms with van der Waals surface area (Å²) in [6, 6.07) is 31.1. The Hall–Kier alpha value is -4.58. The summed E-state index contributed by atoms with van der Waals surface area (Å²) in [5, 5.41) is 2.71. The first-order valence-electron chi connectivity index (χ1n) is 13.9. The zero-order chi connectivity index (χ0) is 28.8. The number of benzene rings is 4. The highest BCUT2D eigenvalue weighted by molar-refractivity contribution is 5.82. The Morgan fingerprint density at radius 1 is 0.732 bits per heavy atom. The van der Waals surface area contributed by atoms with Crippen LogP contribution in [0.15, 0.2) is 97.1 Å². The van der Waals surface area contributed by atoms with E-state index >= 15 is 0 Å². The van der Waals surface area contributed by atoms with Gasteiger partial charge in [-0.2, -0.15) is 0 Å². The maximum atomic E-state index is 12.9. The van der Waals surface area contributed by atoms with E-state index in [2.05, 4.69) is 48.6 Å². The summed E-state index contributed by atoms with van der Waals surface area (Å²) >= 11 is 0. The van der Waals surface area contributed by atoms with Gasteiger partial charge in [-0.15, -0.1) is 0 Å². The second kappa shape index (κ2) is 12.7. The minimum Gasteiger partial charge on any atom is -0.489 e. The monoisotopic (exact) mass is 549 g/mol. The number of ether oxygens (including phenoxy) is 3. The molecule has 0 spiro atoms. The Labute approximate surface area is 241 Å². The lowest BCUT2D eigenvalue weighted by atomic mass is 9.98. The van der Waals surface area contributed by atoms with Gasteiger partial charge >= 0.3 is 12.1 Å². The molecule has 4 aromatic rings. The third kappa shape index (κ3) is 6.77. The third-order valence-corrected chi connectivity index (χ3v) is 7.37. The molecule has 1 N–H and O–H groups in total. The van der Waals surface area contributed by atoms with E-state index in [1.54, 1.807) is 0 Å². The first kappa shape index (κ1) is 28.0. The molecule has 0 aliphatic heterocycles. The predicted octanol–water partition coefficient (Wildman–Crippen LogP) is 7.18. The normalized spacial score (nSPS) is 12.8. The number of alkyl carbamates (subject to hydrolysis) is 1. The van der Waals surface area contributed by atoms with E-state index in [0.717, 1.165) is 39.1 Å². The fraction of sp³-hybridized carbons (Fsp3) is 0.257. The van der Waals surface area contributed by atoms with E-state index in [-0.39, 0.29) is 25.0 Å². The van der Waals surface area contributed by atoms with Crippen LogP contribution in [0, 0.1) is 12.8 Å². The van der Waals surface area contributed by atoms with Crippen molar-refractivity contribution in [3.05, 3.63) is 125 Å². The Kier molecular flexibility index (Phi) is 8.68. The minimum absolute atomic E-state index is 0.0542. The van der Waals surface area contributed by atoms with Gasteiger partial charge in [-0.3, -0.25) is 0 Å². The maximum absolute atomic E-state index is 12.9. The summed E-state index contributed by atoms with van der Waals surface area (Å²) in [6.07, 6.45) is -0.641. The molecule has 1 atom stereocenters. The van der Waals surface area contributed by atoms with Crippen molar-refractivity contribution in [1.82, 2.24) is 5.32 Å². The summed E-state index contributed by atoms with van der Waals surface area (Å²) in [4.78, 5) is 25.7. The molecule has 1 amide bonds. The standard InChI is InChI=1S/C35H35NO5/c1-23(2)33(34(37)40-21-26-16-18-27(19-17-26)39-20-25-14-12-24(3)13-15-25)36-35(38)41-22-32-30-10-6-4-8-28(30)29-9-5-7-11-31(29)32/h4-19,23,32-33H,20-22H2,1-3H3,(H,36,38)/t33-/m1/s1. The van der Waals surface area contributed by atoms with Gasteiger partial charge in [0.25, 0.3) is 0 Å². The zero-order valence-electron chi connectivity index (χ0n) is 23.6. The molecule has 6 nitrogen and oxygen atoms in total. The Morgan fingerprint density at radius 3 is 1.90 bits per heavy atom. The summed E-state index contributed by atoms with van der Waals surface area (Å²) in [5.74, 6) is -0.00666. The van der Waals surface area contributed by atoms with E-state index in [1.807, 2.05) is 74.5 Å². The number of carbonyl (C=O) groups is 2. The molecule has 210 valence electrons. The highest BCUT2D eigenvalue weighted by atomic mass is 16.6. The molecule has 6 heteroatoms. The fourth-order valence-corrected chi connectivity index (χ4v) is 5.04. The molecule has 0 bridgehead atoms. The first-order chi connectivity index (χ1) is 19.9. The van der Waals surface area contributed by atoms with Crippen molar-refractivity contribution in [3.8, 4) is 16.9 Å². The van der Waals surface area contributed by atoms with E-state index in [9.17, 15) is 9.59 Å². The van der Waals surface area contributed by atoms with Crippen molar-refractivity contribution < 1.29 is 23.8 Å². The largest absolute Gasteiger partial charge is 0.489 e. The molecule has 4 aromatic carbocycles. The van der Waals surface area contributed by atoms with Crippen LogP contribution in [0.4, 0.5) is 4.79 Å². The highest BCUT2D eigenvalue weighted by Crippen LogP contribution is 2.44. The van der Waals surface area contributed by atoms with Crippen molar-refractivity contribution >= 4 is 12.1 Å². The number of rotatable bonds is 10. The average Bonchev–Trinajstić information content (AvgIpc) is 3.31. The highest BCUT2D eigenvalue weighted by Gasteiger charge is 2.30. The Morgan fingerprint density at radius 2 is 1.29 bits per heavy atom. The van der Waals surface area contributed by atoms with Crippen LogP contribution in [0.5, 0.6) is 5.75 Å². The molecule has 1 aliphatic rings. The van der Waals surface area contributed by atoms with Crippen LogP contribution in [-0.4, -0.2) is 24.7 Å². The third-order valence-electron chi connectivity index (χ3n) is 7.37. The lowest BCUT2D eigenvalue weighted by Crippen LogP contribution is -2.45. The number of hydrogen-bond donors (Lipinski definition) is 1. The molecule has 0 heterocycles. The van der Waals surface area contributed by atoms with Crippen molar-refractivity contribution in [2.45, 2.75) is 45.9 Å². The molecule has 1 aliphatic carbocycles. The van der Waals surface area contributed by atoms with Gasteiger partial charge in [-0.25, -0.2) is 9.59 Å². The molecule has 0 unspecified atom stereocenters. The van der Waals surface area contributed by atoms with Gasteiger partial charge in [-0.05, 0) is 58.4 Å². The van der Waals surface area contributed by atoms with Crippen LogP contribution in [0.3, 0.4) is 0 Å². The molecular weight excluding hydrogens is 514 g/mol.